The molecule has 0 radical (unpaired) electrons. The van der Waals surface area contributed by atoms with Crippen molar-refractivity contribution in [3.8, 4) is 0 Å². The molecule has 1 aromatic carbocycles. The summed E-state index contributed by atoms with van der Waals surface area (Å²) in [7, 11) is 0. The quantitative estimate of drug-likeness (QED) is 0.683. The van der Waals surface area contributed by atoms with Crippen molar-refractivity contribution in [3.63, 3.8) is 0 Å². The molecule has 6 nitrogen and oxygen atoms in total. The van der Waals surface area contributed by atoms with Gasteiger partial charge in [0.05, 0.1) is 4.92 Å². The second-order valence-corrected chi connectivity index (χ2v) is 5.04. The van der Waals surface area contributed by atoms with Gasteiger partial charge in [-0.2, -0.15) is 0 Å². The van der Waals surface area contributed by atoms with E-state index in [1.807, 2.05) is 6.07 Å². The molecular formula is C15H19N3O3. The third kappa shape index (κ3) is 3.66. The molecule has 0 fully saturated rings. The summed E-state index contributed by atoms with van der Waals surface area (Å²) in [6, 6.07) is 4.96. The Hall–Kier alpha value is -2.21. The van der Waals surface area contributed by atoms with Crippen molar-refractivity contribution >= 4 is 22.9 Å². The summed E-state index contributed by atoms with van der Waals surface area (Å²) in [6.45, 7) is 6.29. The van der Waals surface area contributed by atoms with E-state index in [0.717, 1.165) is 37.2 Å². The van der Waals surface area contributed by atoms with Crippen molar-refractivity contribution in [2.75, 3.05) is 25.0 Å². The molecule has 2 rings (SSSR count). The van der Waals surface area contributed by atoms with Crippen LogP contribution in [-0.4, -0.2) is 35.4 Å². The van der Waals surface area contributed by atoms with Crippen LogP contribution in [0.15, 0.2) is 24.3 Å². The number of nitro benzene ring substituents is 1. The fraction of sp³-hybridized carbons (Fsp3) is 0.400. The van der Waals surface area contributed by atoms with E-state index >= 15 is 0 Å². The van der Waals surface area contributed by atoms with Gasteiger partial charge >= 0.3 is 0 Å². The van der Waals surface area contributed by atoms with Gasteiger partial charge in [0.15, 0.2) is 0 Å². The Labute approximate surface area is 123 Å². The minimum atomic E-state index is -0.462. The first kappa shape index (κ1) is 15.2. The van der Waals surface area contributed by atoms with Crippen molar-refractivity contribution in [1.29, 1.82) is 0 Å². The molecule has 1 aromatic rings. The fourth-order valence-corrected chi connectivity index (χ4v) is 2.44. The summed E-state index contributed by atoms with van der Waals surface area (Å²) < 4.78 is 0. The Balaban J connectivity index is 2.30. The number of carbonyl (C=O) groups excluding carboxylic acids is 1. The lowest BCUT2D eigenvalue weighted by Gasteiger charge is -2.24. The minimum absolute atomic E-state index is 0.0680. The molecule has 1 aliphatic heterocycles. The molecule has 1 N–H and O–H groups in total. The lowest BCUT2D eigenvalue weighted by molar-refractivity contribution is -0.383. The summed E-state index contributed by atoms with van der Waals surface area (Å²) >= 11 is 0. The van der Waals surface area contributed by atoms with Gasteiger partial charge in [0.25, 0.3) is 5.69 Å². The molecule has 21 heavy (non-hydrogen) atoms. The summed E-state index contributed by atoms with van der Waals surface area (Å²) in [5.74, 6) is -0.318. The zero-order valence-corrected chi connectivity index (χ0v) is 12.3. The molecule has 1 amide bonds. The van der Waals surface area contributed by atoms with Gasteiger partial charge in [0.2, 0.25) is 5.91 Å². The number of rotatable bonds is 4. The predicted octanol–water partition coefficient (Wildman–Crippen LogP) is 2.66. The monoisotopic (exact) mass is 289 g/mol. The number of likely N-dealkylation sites (N-methyl/N-ethyl adjacent to an activating group) is 1. The number of anilines is 1. The molecule has 0 spiro atoms. The third-order valence-electron chi connectivity index (χ3n) is 3.62. The number of benzene rings is 1. The largest absolute Gasteiger partial charge is 0.321 e. The van der Waals surface area contributed by atoms with Crippen LogP contribution in [0.1, 0.15) is 25.8 Å². The van der Waals surface area contributed by atoms with Crippen LogP contribution in [0.5, 0.6) is 0 Å². The molecule has 6 heteroatoms. The van der Waals surface area contributed by atoms with Crippen LogP contribution >= 0.6 is 0 Å². The number of hydrogen-bond donors (Lipinski definition) is 1. The highest BCUT2D eigenvalue weighted by Gasteiger charge is 2.18. The SMILES string of the molecule is CCN1CC=C(c2ccc(NC(C)=O)c([N+](=O)[O-])c2)CC1. The fourth-order valence-electron chi connectivity index (χ4n) is 2.44. The van der Waals surface area contributed by atoms with Crippen molar-refractivity contribution in [1.82, 2.24) is 4.90 Å². The van der Waals surface area contributed by atoms with Crippen molar-refractivity contribution in [3.05, 3.63) is 40.0 Å². The van der Waals surface area contributed by atoms with Crippen LogP contribution in [0.2, 0.25) is 0 Å². The van der Waals surface area contributed by atoms with Crippen molar-refractivity contribution in [2.24, 2.45) is 0 Å². The Morgan fingerprint density at radius 3 is 2.76 bits per heavy atom. The second kappa shape index (κ2) is 6.49. The molecule has 1 heterocycles. The molecule has 0 atom stereocenters. The Kier molecular flexibility index (Phi) is 4.70. The molecular weight excluding hydrogens is 270 g/mol. The molecule has 0 saturated heterocycles. The van der Waals surface area contributed by atoms with Crippen LogP contribution < -0.4 is 5.32 Å². The van der Waals surface area contributed by atoms with E-state index in [2.05, 4.69) is 23.2 Å². The third-order valence-corrected chi connectivity index (χ3v) is 3.62. The first-order valence-corrected chi connectivity index (χ1v) is 6.99. The van der Waals surface area contributed by atoms with Crippen molar-refractivity contribution in [2.45, 2.75) is 20.3 Å². The first-order chi connectivity index (χ1) is 10.0. The van der Waals surface area contributed by atoms with Crippen LogP contribution in [0, 0.1) is 10.1 Å². The standard InChI is InChI=1S/C15H19N3O3/c1-3-17-8-6-12(7-9-17)13-4-5-14(16-11(2)19)15(10-13)18(20)21/h4-6,10H,3,7-9H2,1-2H3,(H,16,19). The van der Waals surface area contributed by atoms with E-state index in [-0.39, 0.29) is 17.3 Å². The highest BCUT2D eigenvalue weighted by atomic mass is 16.6. The topological polar surface area (TPSA) is 75.5 Å². The number of amides is 1. The van der Waals surface area contributed by atoms with Gasteiger partial charge in [-0.3, -0.25) is 19.8 Å². The summed E-state index contributed by atoms with van der Waals surface area (Å²) in [5.41, 5.74) is 2.15. The smallest absolute Gasteiger partial charge is 0.293 e. The van der Waals surface area contributed by atoms with E-state index < -0.39 is 4.92 Å². The maximum atomic E-state index is 11.2. The van der Waals surface area contributed by atoms with Crippen molar-refractivity contribution < 1.29 is 9.72 Å². The second-order valence-electron chi connectivity index (χ2n) is 5.04. The minimum Gasteiger partial charge on any atom is -0.321 e. The Bertz CT molecular complexity index is 596. The van der Waals surface area contributed by atoms with Gasteiger partial charge < -0.3 is 5.32 Å². The van der Waals surface area contributed by atoms with E-state index in [0.29, 0.717) is 0 Å². The predicted molar refractivity (Wildman–Crippen MR) is 82.1 cm³/mol. The zero-order valence-electron chi connectivity index (χ0n) is 12.3. The normalized spacial score (nSPS) is 15.4. The highest BCUT2D eigenvalue weighted by molar-refractivity contribution is 5.91. The number of nitrogens with one attached hydrogen (secondary N) is 1. The highest BCUT2D eigenvalue weighted by Crippen LogP contribution is 2.30. The summed E-state index contributed by atoms with van der Waals surface area (Å²) in [6.07, 6.45) is 2.99. The lowest BCUT2D eigenvalue weighted by Crippen LogP contribution is -2.28. The van der Waals surface area contributed by atoms with Gasteiger partial charge in [-0.25, -0.2) is 0 Å². The molecule has 0 saturated carbocycles. The van der Waals surface area contributed by atoms with Crippen LogP contribution in [0.25, 0.3) is 5.57 Å². The van der Waals surface area contributed by atoms with Gasteiger partial charge in [0.1, 0.15) is 5.69 Å². The molecule has 1 aliphatic rings. The van der Waals surface area contributed by atoms with Gasteiger partial charge in [-0.1, -0.05) is 19.1 Å². The van der Waals surface area contributed by atoms with E-state index in [4.69, 9.17) is 0 Å². The Morgan fingerprint density at radius 1 is 1.48 bits per heavy atom. The van der Waals surface area contributed by atoms with Gasteiger partial charge in [-0.15, -0.1) is 0 Å². The van der Waals surface area contributed by atoms with Crippen LogP contribution in [0.4, 0.5) is 11.4 Å². The van der Waals surface area contributed by atoms with Gasteiger partial charge in [-0.05, 0) is 30.2 Å². The summed E-state index contributed by atoms with van der Waals surface area (Å²) in [5, 5.41) is 13.7. The zero-order chi connectivity index (χ0) is 15.4. The molecule has 112 valence electrons. The number of hydrogen-bond acceptors (Lipinski definition) is 4. The number of carbonyl (C=O) groups is 1. The molecule has 0 aliphatic carbocycles. The number of nitro groups is 1. The van der Waals surface area contributed by atoms with Crippen LogP contribution in [-0.2, 0) is 4.79 Å². The maximum absolute atomic E-state index is 11.2. The number of nitrogens with zero attached hydrogens (tertiary/aromatic N) is 2. The average Bonchev–Trinajstić information content (AvgIpc) is 2.47. The molecule has 0 unspecified atom stereocenters. The lowest BCUT2D eigenvalue weighted by atomic mass is 9.98. The van der Waals surface area contributed by atoms with Crippen LogP contribution in [0.3, 0.4) is 0 Å². The summed E-state index contributed by atoms with van der Waals surface area (Å²) in [4.78, 5) is 24.1. The molecule has 0 bridgehead atoms. The first-order valence-electron chi connectivity index (χ1n) is 6.99. The van der Waals surface area contributed by atoms with Gasteiger partial charge in [0, 0.05) is 26.1 Å². The van der Waals surface area contributed by atoms with E-state index in [9.17, 15) is 14.9 Å². The van der Waals surface area contributed by atoms with E-state index in [1.54, 1.807) is 12.1 Å². The van der Waals surface area contributed by atoms with E-state index in [1.165, 1.54) is 6.92 Å². The Morgan fingerprint density at radius 2 is 2.24 bits per heavy atom. The molecule has 0 aromatic heterocycles. The maximum Gasteiger partial charge on any atom is 0.293 e. The average molecular weight is 289 g/mol.